The van der Waals surface area contributed by atoms with Gasteiger partial charge in [-0.2, -0.15) is 0 Å². The molecule has 27 heavy (non-hydrogen) atoms. The lowest BCUT2D eigenvalue weighted by atomic mass is 10.0. The van der Waals surface area contributed by atoms with Crippen LogP contribution in [0.25, 0.3) is 0 Å². The molecule has 0 saturated carbocycles. The molecule has 0 radical (unpaired) electrons. The molecule has 1 fully saturated rings. The molecule has 0 spiro atoms. The zero-order valence-electron chi connectivity index (χ0n) is 15.4. The van der Waals surface area contributed by atoms with E-state index in [0.29, 0.717) is 38.3 Å². The van der Waals surface area contributed by atoms with Crippen LogP contribution in [0.5, 0.6) is 0 Å². The number of hydrogen-bond donors (Lipinski definition) is 2. The number of morpholine rings is 1. The van der Waals surface area contributed by atoms with Crippen LogP contribution >= 0.6 is 0 Å². The molecule has 6 heteroatoms. The number of hydrogen-bond acceptors (Lipinski definition) is 4. The molecule has 2 aromatic rings. The van der Waals surface area contributed by atoms with E-state index in [0.717, 1.165) is 24.2 Å². The molecule has 1 aliphatic heterocycles. The minimum atomic E-state index is -0.267. The predicted octanol–water partition coefficient (Wildman–Crippen LogP) is 2.53. The normalized spacial score (nSPS) is 16.0. The minimum Gasteiger partial charge on any atom is -0.399 e. The summed E-state index contributed by atoms with van der Waals surface area (Å²) in [5.74, 6) is -0.301. The Morgan fingerprint density at radius 2 is 1.96 bits per heavy atom. The Morgan fingerprint density at radius 1 is 1.19 bits per heavy atom. The highest BCUT2D eigenvalue weighted by molar-refractivity contribution is 5.76. The van der Waals surface area contributed by atoms with Crippen LogP contribution in [0.4, 0.5) is 10.1 Å². The zero-order chi connectivity index (χ0) is 19.1. The van der Waals surface area contributed by atoms with Gasteiger partial charge in [0.25, 0.3) is 0 Å². The van der Waals surface area contributed by atoms with E-state index in [-0.39, 0.29) is 17.8 Å². The SMILES string of the molecule is Nc1ccccc1CCC(=O)NCC(c1cccc(F)c1)N1CCOCC1. The molecule has 1 atom stereocenters. The maximum atomic E-state index is 13.7. The first kappa shape index (κ1) is 19.3. The first-order valence-electron chi connectivity index (χ1n) is 9.31. The molecule has 1 saturated heterocycles. The maximum absolute atomic E-state index is 13.7. The quantitative estimate of drug-likeness (QED) is 0.734. The van der Waals surface area contributed by atoms with Crippen LogP contribution in [0.15, 0.2) is 48.5 Å². The van der Waals surface area contributed by atoms with Crippen LogP contribution < -0.4 is 11.1 Å². The Hall–Kier alpha value is -2.44. The van der Waals surface area contributed by atoms with E-state index in [9.17, 15) is 9.18 Å². The second-order valence-corrected chi connectivity index (χ2v) is 6.72. The molecule has 144 valence electrons. The molecule has 5 nitrogen and oxygen atoms in total. The second kappa shape index (κ2) is 9.48. The Morgan fingerprint density at radius 3 is 2.70 bits per heavy atom. The van der Waals surface area contributed by atoms with E-state index < -0.39 is 0 Å². The van der Waals surface area contributed by atoms with Crippen molar-refractivity contribution in [1.82, 2.24) is 10.2 Å². The fourth-order valence-corrected chi connectivity index (χ4v) is 3.37. The molecule has 1 unspecified atom stereocenters. The van der Waals surface area contributed by atoms with Gasteiger partial charge in [0.1, 0.15) is 5.82 Å². The number of nitrogen functional groups attached to an aromatic ring is 1. The smallest absolute Gasteiger partial charge is 0.220 e. The van der Waals surface area contributed by atoms with Crippen molar-refractivity contribution in [1.29, 1.82) is 0 Å². The van der Waals surface area contributed by atoms with Crippen molar-refractivity contribution >= 4 is 11.6 Å². The van der Waals surface area contributed by atoms with E-state index in [2.05, 4.69) is 10.2 Å². The van der Waals surface area contributed by atoms with E-state index in [4.69, 9.17) is 10.5 Å². The molecule has 0 aromatic heterocycles. The molecule has 0 aliphatic carbocycles. The van der Waals surface area contributed by atoms with Crippen molar-refractivity contribution in [2.75, 3.05) is 38.6 Å². The van der Waals surface area contributed by atoms with Gasteiger partial charge in [0.05, 0.1) is 19.3 Å². The van der Waals surface area contributed by atoms with Gasteiger partial charge >= 0.3 is 0 Å². The molecule has 1 aliphatic rings. The first-order valence-corrected chi connectivity index (χ1v) is 9.31. The molecule has 0 bridgehead atoms. The van der Waals surface area contributed by atoms with E-state index in [1.54, 1.807) is 6.07 Å². The summed E-state index contributed by atoms with van der Waals surface area (Å²) in [5.41, 5.74) is 8.48. The van der Waals surface area contributed by atoms with Gasteiger partial charge in [-0.05, 0) is 35.7 Å². The van der Waals surface area contributed by atoms with Crippen LogP contribution in [0.1, 0.15) is 23.6 Å². The third-order valence-corrected chi connectivity index (χ3v) is 4.89. The number of carbonyl (C=O) groups excluding carboxylic acids is 1. The summed E-state index contributed by atoms with van der Waals surface area (Å²) in [4.78, 5) is 14.6. The number of nitrogens with zero attached hydrogens (tertiary/aromatic N) is 1. The summed E-state index contributed by atoms with van der Waals surface area (Å²) < 4.78 is 19.1. The summed E-state index contributed by atoms with van der Waals surface area (Å²) in [5, 5.41) is 3.00. The number of carbonyl (C=O) groups is 1. The number of nitrogens with one attached hydrogen (secondary N) is 1. The van der Waals surface area contributed by atoms with Crippen LogP contribution in [-0.2, 0) is 16.0 Å². The van der Waals surface area contributed by atoms with Gasteiger partial charge in [-0.15, -0.1) is 0 Å². The molecule has 3 rings (SSSR count). The first-order chi connectivity index (χ1) is 13.1. The van der Waals surface area contributed by atoms with Crippen LogP contribution in [-0.4, -0.2) is 43.7 Å². The fourth-order valence-electron chi connectivity index (χ4n) is 3.37. The average molecular weight is 371 g/mol. The van der Waals surface area contributed by atoms with Gasteiger partial charge in [0.2, 0.25) is 5.91 Å². The molecule has 1 amide bonds. The summed E-state index contributed by atoms with van der Waals surface area (Å²) >= 11 is 0. The number of ether oxygens (including phenoxy) is 1. The van der Waals surface area contributed by atoms with Gasteiger partial charge in [0.15, 0.2) is 0 Å². The van der Waals surface area contributed by atoms with Crippen molar-refractivity contribution in [2.45, 2.75) is 18.9 Å². The third kappa shape index (κ3) is 5.52. The highest BCUT2D eigenvalue weighted by Gasteiger charge is 2.23. The van der Waals surface area contributed by atoms with Crippen molar-refractivity contribution in [2.24, 2.45) is 0 Å². The van der Waals surface area contributed by atoms with E-state index in [1.807, 2.05) is 30.3 Å². The number of aryl methyl sites for hydroxylation is 1. The highest BCUT2D eigenvalue weighted by Crippen LogP contribution is 2.22. The lowest BCUT2D eigenvalue weighted by molar-refractivity contribution is -0.121. The lowest BCUT2D eigenvalue weighted by Crippen LogP contribution is -2.43. The minimum absolute atomic E-state index is 0.0343. The Bertz CT molecular complexity index is 763. The van der Waals surface area contributed by atoms with Crippen molar-refractivity contribution in [3.63, 3.8) is 0 Å². The van der Waals surface area contributed by atoms with Crippen molar-refractivity contribution < 1.29 is 13.9 Å². The lowest BCUT2D eigenvalue weighted by Gasteiger charge is -2.35. The number of amides is 1. The number of benzene rings is 2. The average Bonchev–Trinajstić information content (AvgIpc) is 2.68. The van der Waals surface area contributed by atoms with Gasteiger partial charge in [-0.3, -0.25) is 9.69 Å². The zero-order valence-corrected chi connectivity index (χ0v) is 15.4. The van der Waals surface area contributed by atoms with Crippen LogP contribution in [0, 0.1) is 5.82 Å². The topological polar surface area (TPSA) is 67.6 Å². The van der Waals surface area contributed by atoms with Crippen molar-refractivity contribution in [3.05, 3.63) is 65.5 Å². The van der Waals surface area contributed by atoms with Crippen molar-refractivity contribution in [3.8, 4) is 0 Å². The molecule has 2 aromatic carbocycles. The predicted molar refractivity (Wildman–Crippen MR) is 104 cm³/mol. The standard InChI is InChI=1S/C21H26FN3O2/c22-18-6-3-5-17(14-18)20(25-10-12-27-13-11-25)15-24-21(26)9-8-16-4-1-2-7-19(16)23/h1-7,14,20H,8-13,15,23H2,(H,24,26). The molecular formula is C21H26FN3O2. The highest BCUT2D eigenvalue weighted by atomic mass is 19.1. The molecular weight excluding hydrogens is 345 g/mol. The number of rotatable bonds is 7. The summed E-state index contributed by atoms with van der Waals surface area (Å²) in [6, 6.07) is 14.1. The number of nitrogens with two attached hydrogens (primary N) is 1. The summed E-state index contributed by atoms with van der Waals surface area (Å²) in [7, 11) is 0. The van der Waals surface area contributed by atoms with Crippen LogP contribution in [0.2, 0.25) is 0 Å². The van der Waals surface area contributed by atoms with E-state index >= 15 is 0 Å². The Labute approximate surface area is 159 Å². The Balaban J connectivity index is 1.60. The van der Waals surface area contributed by atoms with Gasteiger partial charge in [-0.25, -0.2) is 4.39 Å². The number of anilines is 1. The molecule has 3 N–H and O–H groups in total. The maximum Gasteiger partial charge on any atom is 0.220 e. The largest absolute Gasteiger partial charge is 0.399 e. The molecule has 1 heterocycles. The van der Waals surface area contributed by atoms with Gasteiger partial charge in [-0.1, -0.05) is 30.3 Å². The Kier molecular flexibility index (Phi) is 6.79. The number of para-hydroxylation sites is 1. The third-order valence-electron chi connectivity index (χ3n) is 4.89. The second-order valence-electron chi connectivity index (χ2n) is 6.72. The van der Waals surface area contributed by atoms with Gasteiger partial charge in [0, 0.05) is 31.7 Å². The summed E-state index contributed by atoms with van der Waals surface area (Å²) in [6.07, 6.45) is 0.966. The monoisotopic (exact) mass is 371 g/mol. The fraction of sp³-hybridized carbons (Fsp3) is 0.381. The summed E-state index contributed by atoms with van der Waals surface area (Å²) in [6.45, 7) is 3.25. The van der Waals surface area contributed by atoms with Crippen LogP contribution in [0.3, 0.4) is 0 Å². The van der Waals surface area contributed by atoms with Gasteiger partial charge < -0.3 is 15.8 Å². The number of halogens is 1. The van der Waals surface area contributed by atoms with E-state index in [1.165, 1.54) is 12.1 Å².